The number of hydroxylamine groups is 2. The van der Waals surface area contributed by atoms with Gasteiger partial charge in [-0.25, -0.2) is 0 Å². The van der Waals surface area contributed by atoms with Gasteiger partial charge in [-0.05, 0) is 26.3 Å². The second-order valence-corrected chi connectivity index (χ2v) is 7.21. The average Bonchev–Trinajstić information content (AvgIpc) is 2.50. The molecule has 2 nitrogen and oxygen atoms in total. The molecule has 126 valence electrons. The van der Waals surface area contributed by atoms with Gasteiger partial charge in [0.25, 0.3) is 0 Å². The Morgan fingerprint density at radius 1 is 0.762 bits per heavy atom. The highest BCUT2D eigenvalue weighted by molar-refractivity contribution is 4.91. The zero-order valence-corrected chi connectivity index (χ0v) is 14.7. The molecule has 0 amide bonds. The maximum Gasteiger partial charge on any atom is 0.00884 e. The maximum atomic E-state index is 11.9. The van der Waals surface area contributed by atoms with E-state index in [1.54, 1.807) is 7.05 Å². The third-order valence-corrected chi connectivity index (χ3v) is 5.45. The Kier molecular flexibility index (Phi) is 10.4. The van der Waals surface area contributed by atoms with Crippen LogP contribution in [0.2, 0.25) is 0 Å². The summed E-state index contributed by atoms with van der Waals surface area (Å²) in [5, 5.41) is 13.2. The van der Waals surface area contributed by atoms with Crippen molar-refractivity contribution in [2.24, 2.45) is 0 Å². The molecular weight excluding hydrogens is 258 g/mol. The third kappa shape index (κ3) is 7.65. The molecule has 0 aliphatic heterocycles. The Morgan fingerprint density at radius 3 is 1.71 bits per heavy atom. The fourth-order valence-corrected chi connectivity index (χ4v) is 3.87. The van der Waals surface area contributed by atoms with Crippen molar-refractivity contribution >= 4 is 0 Å². The Balaban J connectivity index is 1.99. The van der Waals surface area contributed by atoms with Gasteiger partial charge in [-0.2, -0.15) is 0 Å². The van der Waals surface area contributed by atoms with Crippen LogP contribution >= 0.6 is 0 Å². The zero-order valence-electron chi connectivity index (χ0n) is 14.7. The van der Waals surface area contributed by atoms with Crippen LogP contribution in [-0.4, -0.2) is 17.6 Å². The number of hydrogen-bond acceptors (Lipinski definition) is 2. The summed E-state index contributed by atoms with van der Waals surface area (Å²) < 4.78 is 0. The lowest BCUT2D eigenvalue weighted by Gasteiger charge is -2.49. The van der Waals surface area contributed by atoms with Crippen LogP contribution in [0.3, 0.4) is 0 Å². The molecule has 1 aliphatic rings. The van der Waals surface area contributed by atoms with Crippen molar-refractivity contribution in [2.75, 3.05) is 7.05 Å². The van der Waals surface area contributed by atoms with Crippen LogP contribution in [0.5, 0.6) is 0 Å². The molecule has 1 rings (SSSR count). The van der Waals surface area contributed by atoms with E-state index in [0.29, 0.717) is 0 Å². The monoisotopic (exact) mass is 296 g/mol. The first-order chi connectivity index (χ1) is 10.2. The summed E-state index contributed by atoms with van der Waals surface area (Å²) in [7, 11) is 1.75. The summed E-state index contributed by atoms with van der Waals surface area (Å²) in [6.07, 6.45) is 21.0. The normalized spacial score (nSPS) is 18.3. The van der Waals surface area contributed by atoms with E-state index in [1.165, 1.54) is 88.5 Å². The van der Waals surface area contributed by atoms with Gasteiger partial charge >= 0.3 is 0 Å². The maximum absolute atomic E-state index is 11.9. The van der Waals surface area contributed by atoms with E-state index >= 15 is 0 Å². The average molecular weight is 297 g/mol. The second kappa shape index (κ2) is 11.5. The van der Waals surface area contributed by atoms with Crippen molar-refractivity contribution in [3.05, 3.63) is 5.21 Å². The van der Waals surface area contributed by atoms with Gasteiger partial charge in [0.1, 0.15) is 0 Å². The van der Waals surface area contributed by atoms with Crippen LogP contribution in [0, 0.1) is 5.21 Å². The molecular formula is C19H38NO-. The molecule has 21 heavy (non-hydrogen) atoms. The molecule has 0 bridgehead atoms. The standard InChI is InChI=1S/C19H38NO/c1-3-4-5-6-7-8-9-10-11-13-16-19(20(2)21)17-14-12-15-18-19/h3-18H2,1-2H3/q-1. The van der Waals surface area contributed by atoms with E-state index < -0.39 is 0 Å². The molecule has 0 spiro atoms. The molecule has 0 saturated heterocycles. The zero-order chi connectivity index (χ0) is 15.4. The summed E-state index contributed by atoms with van der Waals surface area (Å²) in [6, 6.07) is 0. The lowest BCUT2D eigenvalue weighted by molar-refractivity contribution is 0.106. The Hall–Kier alpha value is -0.0800. The fourth-order valence-electron chi connectivity index (χ4n) is 3.87. The van der Waals surface area contributed by atoms with Crippen LogP contribution in [0.4, 0.5) is 0 Å². The molecule has 0 aromatic carbocycles. The summed E-state index contributed by atoms with van der Waals surface area (Å²) in [6.45, 7) is 2.28. The fraction of sp³-hybridized carbons (Fsp3) is 1.00. The smallest absolute Gasteiger partial charge is 0.00884 e. The number of nitrogens with zero attached hydrogens (tertiary/aromatic N) is 1. The Morgan fingerprint density at radius 2 is 1.24 bits per heavy atom. The molecule has 2 heteroatoms. The molecule has 0 atom stereocenters. The first-order valence-electron chi connectivity index (χ1n) is 9.62. The quantitative estimate of drug-likeness (QED) is 0.306. The predicted octanol–water partition coefficient (Wildman–Crippen LogP) is 6.43. The minimum absolute atomic E-state index is 0.00158. The van der Waals surface area contributed by atoms with E-state index in [9.17, 15) is 5.21 Å². The van der Waals surface area contributed by atoms with Gasteiger partial charge < -0.3 is 10.3 Å². The summed E-state index contributed by atoms with van der Waals surface area (Å²) >= 11 is 0. The van der Waals surface area contributed by atoms with Crippen molar-refractivity contribution in [3.63, 3.8) is 0 Å². The van der Waals surface area contributed by atoms with Crippen molar-refractivity contribution in [2.45, 2.75) is 115 Å². The van der Waals surface area contributed by atoms with Crippen LogP contribution in [0.15, 0.2) is 0 Å². The minimum atomic E-state index is -0.00158. The van der Waals surface area contributed by atoms with Crippen LogP contribution in [0.25, 0.3) is 0 Å². The van der Waals surface area contributed by atoms with E-state index in [-0.39, 0.29) is 5.54 Å². The highest BCUT2D eigenvalue weighted by Gasteiger charge is 2.30. The van der Waals surface area contributed by atoms with Crippen molar-refractivity contribution < 1.29 is 0 Å². The lowest BCUT2D eigenvalue weighted by Crippen LogP contribution is -2.44. The Bertz CT molecular complexity index is 234. The number of rotatable bonds is 12. The largest absolute Gasteiger partial charge is 0.785 e. The summed E-state index contributed by atoms with van der Waals surface area (Å²) in [5.41, 5.74) is -0.00158. The molecule has 0 heterocycles. The number of hydrogen-bond donors (Lipinski definition) is 0. The van der Waals surface area contributed by atoms with E-state index in [4.69, 9.17) is 0 Å². The summed E-state index contributed by atoms with van der Waals surface area (Å²) in [5.74, 6) is 0. The number of unbranched alkanes of at least 4 members (excludes halogenated alkanes) is 9. The molecule has 1 aliphatic carbocycles. The van der Waals surface area contributed by atoms with Crippen molar-refractivity contribution in [1.82, 2.24) is 5.06 Å². The van der Waals surface area contributed by atoms with Crippen LogP contribution < -0.4 is 0 Å². The lowest BCUT2D eigenvalue weighted by atomic mass is 9.78. The van der Waals surface area contributed by atoms with Gasteiger partial charge in [-0.1, -0.05) is 90.4 Å². The van der Waals surface area contributed by atoms with Gasteiger partial charge in [-0.3, -0.25) is 0 Å². The van der Waals surface area contributed by atoms with Gasteiger partial charge in [0.2, 0.25) is 0 Å². The van der Waals surface area contributed by atoms with E-state index in [1.807, 2.05) is 0 Å². The summed E-state index contributed by atoms with van der Waals surface area (Å²) in [4.78, 5) is 0. The second-order valence-electron chi connectivity index (χ2n) is 7.21. The minimum Gasteiger partial charge on any atom is -0.785 e. The Labute approximate surface area is 133 Å². The van der Waals surface area contributed by atoms with Gasteiger partial charge in [-0.15, -0.1) is 0 Å². The van der Waals surface area contributed by atoms with Crippen LogP contribution in [0.1, 0.15) is 110 Å². The predicted molar refractivity (Wildman–Crippen MR) is 93.4 cm³/mol. The molecule has 0 aromatic rings. The SMILES string of the molecule is CCCCCCCCCCCCC1(N(C)[O-])CCCCC1. The van der Waals surface area contributed by atoms with E-state index in [0.717, 1.165) is 19.3 Å². The van der Waals surface area contributed by atoms with Gasteiger partial charge in [0, 0.05) is 5.54 Å². The highest BCUT2D eigenvalue weighted by Crippen LogP contribution is 2.36. The first kappa shape index (κ1) is 19.0. The van der Waals surface area contributed by atoms with Crippen LogP contribution in [-0.2, 0) is 0 Å². The molecule has 1 saturated carbocycles. The molecule has 0 radical (unpaired) electrons. The molecule has 0 unspecified atom stereocenters. The van der Waals surface area contributed by atoms with Crippen molar-refractivity contribution in [3.8, 4) is 0 Å². The molecule has 1 fully saturated rings. The van der Waals surface area contributed by atoms with Gasteiger partial charge in [0.15, 0.2) is 0 Å². The topological polar surface area (TPSA) is 26.3 Å². The van der Waals surface area contributed by atoms with Gasteiger partial charge in [0.05, 0.1) is 0 Å². The van der Waals surface area contributed by atoms with E-state index in [2.05, 4.69) is 6.92 Å². The first-order valence-corrected chi connectivity index (χ1v) is 9.62. The molecule has 0 N–H and O–H groups in total. The highest BCUT2D eigenvalue weighted by atomic mass is 16.5. The third-order valence-electron chi connectivity index (χ3n) is 5.45. The van der Waals surface area contributed by atoms with Crippen molar-refractivity contribution in [1.29, 1.82) is 0 Å². The molecule has 0 aromatic heterocycles.